The third-order valence-electron chi connectivity index (χ3n) is 4.96. The second-order valence-corrected chi connectivity index (χ2v) is 8.53. The van der Waals surface area contributed by atoms with Crippen LogP contribution in [-0.4, -0.2) is 56.1 Å². The second kappa shape index (κ2) is 7.95. The first kappa shape index (κ1) is 20.4. The Labute approximate surface area is 166 Å². The first-order valence-corrected chi connectivity index (χ1v) is 10.00. The van der Waals surface area contributed by atoms with Crippen molar-refractivity contribution in [3.05, 3.63) is 23.8 Å². The van der Waals surface area contributed by atoms with Crippen LogP contribution in [0.5, 0.6) is 0 Å². The first-order chi connectivity index (χ1) is 13.2. The highest BCUT2D eigenvalue weighted by Gasteiger charge is 2.31. The number of aryl methyl sites for hydroxylation is 1. The quantitative estimate of drug-likeness (QED) is 0.835. The Kier molecular flexibility index (Phi) is 5.79. The highest BCUT2D eigenvalue weighted by atomic mass is 16.6. The van der Waals surface area contributed by atoms with Crippen molar-refractivity contribution >= 4 is 17.6 Å². The van der Waals surface area contributed by atoms with Crippen molar-refractivity contribution in [2.75, 3.05) is 18.8 Å². The number of ether oxygens (including phenoxy) is 1. The van der Waals surface area contributed by atoms with Crippen molar-refractivity contribution in [2.45, 2.75) is 71.6 Å². The van der Waals surface area contributed by atoms with Gasteiger partial charge in [0.15, 0.2) is 5.65 Å². The molecule has 1 aliphatic rings. The molecule has 2 aromatic rings. The largest absolute Gasteiger partial charge is 0.444 e. The summed E-state index contributed by atoms with van der Waals surface area (Å²) >= 11 is 0. The van der Waals surface area contributed by atoms with Gasteiger partial charge in [-0.3, -0.25) is 4.98 Å². The van der Waals surface area contributed by atoms with E-state index in [0.29, 0.717) is 12.4 Å². The molecule has 1 amide bonds. The van der Waals surface area contributed by atoms with Gasteiger partial charge in [-0.25, -0.2) is 9.78 Å². The van der Waals surface area contributed by atoms with Crippen LogP contribution in [0.15, 0.2) is 12.4 Å². The van der Waals surface area contributed by atoms with E-state index in [2.05, 4.69) is 10.3 Å². The molecule has 8 heteroatoms. The number of nitrogens with zero attached hydrogens (tertiary/aromatic N) is 4. The molecule has 1 fully saturated rings. The number of nitrogens with one attached hydrogen (secondary N) is 1. The van der Waals surface area contributed by atoms with Crippen molar-refractivity contribution < 1.29 is 9.53 Å². The lowest BCUT2D eigenvalue weighted by Gasteiger charge is -2.38. The summed E-state index contributed by atoms with van der Waals surface area (Å²) in [5.41, 5.74) is 8.03. The zero-order chi connectivity index (χ0) is 20.5. The van der Waals surface area contributed by atoms with Gasteiger partial charge in [-0.2, -0.15) is 0 Å². The molecule has 1 saturated heterocycles. The molecule has 0 radical (unpaired) electrons. The molecule has 28 heavy (non-hydrogen) atoms. The number of nitrogen functional groups attached to an aromatic ring is 1. The predicted octanol–water partition coefficient (Wildman–Crippen LogP) is 2.54. The molecule has 3 N–H and O–H groups in total. The van der Waals surface area contributed by atoms with E-state index in [4.69, 9.17) is 15.5 Å². The molecule has 3 heterocycles. The summed E-state index contributed by atoms with van der Waals surface area (Å²) < 4.78 is 7.54. The maximum atomic E-state index is 12.6. The molecule has 0 bridgehead atoms. The third kappa shape index (κ3) is 4.73. The van der Waals surface area contributed by atoms with Gasteiger partial charge in [0.1, 0.15) is 11.4 Å². The highest BCUT2D eigenvalue weighted by molar-refractivity contribution is 5.68. The molecule has 0 spiro atoms. The number of rotatable bonds is 4. The molecule has 2 unspecified atom stereocenters. The molecule has 0 saturated carbocycles. The molecule has 8 nitrogen and oxygen atoms in total. The number of imidazole rings is 1. The normalized spacial score (nSPS) is 20.3. The summed E-state index contributed by atoms with van der Waals surface area (Å²) in [5.74, 6) is 0.491. The van der Waals surface area contributed by atoms with Gasteiger partial charge in [-0.1, -0.05) is 0 Å². The van der Waals surface area contributed by atoms with Crippen molar-refractivity contribution in [2.24, 2.45) is 0 Å². The topological polar surface area (TPSA) is 97.8 Å². The van der Waals surface area contributed by atoms with Gasteiger partial charge in [0, 0.05) is 31.2 Å². The fourth-order valence-electron chi connectivity index (χ4n) is 3.87. The van der Waals surface area contributed by atoms with Crippen LogP contribution in [0.4, 0.5) is 10.6 Å². The standard InChI is InChI=1S/C20H32N6O2/c1-6-26(19(27)28-20(3,4)5)15-7-8-22-14(9-15)10-16-18-24-17(21)12-25(18)11-13(2)23-16/h11-12,14-15,22H,6-10,21H2,1-5H3. The Morgan fingerprint density at radius 3 is 2.82 bits per heavy atom. The maximum absolute atomic E-state index is 12.6. The van der Waals surface area contributed by atoms with Crippen LogP contribution in [-0.2, 0) is 11.2 Å². The van der Waals surface area contributed by atoms with Gasteiger partial charge in [-0.15, -0.1) is 0 Å². The Morgan fingerprint density at radius 1 is 1.39 bits per heavy atom. The Bertz CT molecular complexity index is 841. The number of carbonyl (C=O) groups is 1. The minimum Gasteiger partial charge on any atom is -0.444 e. The minimum atomic E-state index is -0.492. The van der Waals surface area contributed by atoms with E-state index >= 15 is 0 Å². The van der Waals surface area contributed by atoms with E-state index in [1.807, 2.05) is 56.3 Å². The Hall–Kier alpha value is -2.35. The van der Waals surface area contributed by atoms with Crippen LogP contribution in [0.3, 0.4) is 0 Å². The zero-order valence-electron chi connectivity index (χ0n) is 17.5. The number of amides is 1. The smallest absolute Gasteiger partial charge is 0.410 e. The van der Waals surface area contributed by atoms with E-state index < -0.39 is 5.60 Å². The number of hydrogen-bond acceptors (Lipinski definition) is 6. The summed E-state index contributed by atoms with van der Waals surface area (Å²) in [6, 6.07) is 0.364. The van der Waals surface area contributed by atoms with Crippen molar-refractivity contribution in [1.29, 1.82) is 0 Å². The van der Waals surface area contributed by atoms with Gasteiger partial charge in [0.2, 0.25) is 0 Å². The lowest BCUT2D eigenvalue weighted by atomic mass is 9.95. The zero-order valence-corrected chi connectivity index (χ0v) is 17.5. The van der Waals surface area contributed by atoms with E-state index in [1.54, 1.807) is 0 Å². The van der Waals surface area contributed by atoms with Crippen LogP contribution in [0.25, 0.3) is 5.65 Å². The lowest BCUT2D eigenvalue weighted by molar-refractivity contribution is 0.0125. The Morgan fingerprint density at radius 2 is 2.14 bits per heavy atom. The number of anilines is 1. The third-order valence-corrected chi connectivity index (χ3v) is 4.96. The molecule has 2 aromatic heterocycles. The lowest BCUT2D eigenvalue weighted by Crippen LogP contribution is -2.51. The SMILES string of the molecule is CCN(C(=O)OC(C)(C)C)C1CCNC(Cc2nc(C)cn3cc(N)nc23)C1. The maximum Gasteiger partial charge on any atom is 0.410 e. The van der Waals surface area contributed by atoms with Crippen LogP contribution in [0, 0.1) is 6.92 Å². The van der Waals surface area contributed by atoms with Crippen molar-refractivity contribution in [3.63, 3.8) is 0 Å². The Balaban J connectivity index is 1.74. The summed E-state index contributed by atoms with van der Waals surface area (Å²) in [4.78, 5) is 23.6. The van der Waals surface area contributed by atoms with E-state index in [9.17, 15) is 4.79 Å². The number of fused-ring (bicyclic) bond motifs is 1. The molecular weight excluding hydrogens is 356 g/mol. The summed E-state index contributed by atoms with van der Waals surface area (Å²) in [7, 11) is 0. The highest BCUT2D eigenvalue weighted by Crippen LogP contribution is 2.22. The molecular formula is C20H32N6O2. The first-order valence-electron chi connectivity index (χ1n) is 10.00. The van der Waals surface area contributed by atoms with E-state index in [0.717, 1.165) is 42.8 Å². The van der Waals surface area contributed by atoms with Crippen LogP contribution in [0.1, 0.15) is 51.9 Å². The summed E-state index contributed by atoms with van der Waals surface area (Å²) in [5, 5.41) is 3.57. The second-order valence-electron chi connectivity index (χ2n) is 8.53. The molecule has 1 aliphatic heterocycles. The van der Waals surface area contributed by atoms with Gasteiger partial charge >= 0.3 is 6.09 Å². The van der Waals surface area contributed by atoms with Gasteiger partial charge < -0.3 is 25.1 Å². The number of hydrogen-bond donors (Lipinski definition) is 2. The average molecular weight is 389 g/mol. The minimum absolute atomic E-state index is 0.150. The molecule has 3 rings (SSSR count). The molecule has 154 valence electrons. The van der Waals surface area contributed by atoms with E-state index in [-0.39, 0.29) is 18.2 Å². The van der Waals surface area contributed by atoms with Gasteiger partial charge in [0.25, 0.3) is 0 Å². The number of piperidine rings is 1. The predicted molar refractivity (Wildman–Crippen MR) is 109 cm³/mol. The van der Waals surface area contributed by atoms with Gasteiger partial charge in [-0.05, 0) is 54.0 Å². The number of nitrogens with two attached hydrogens (primary N) is 1. The van der Waals surface area contributed by atoms with E-state index in [1.165, 1.54) is 0 Å². The van der Waals surface area contributed by atoms with Gasteiger partial charge in [0.05, 0.1) is 17.6 Å². The summed E-state index contributed by atoms with van der Waals surface area (Å²) in [6.07, 6.45) is 6.01. The van der Waals surface area contributed by atoms with Crippen LogP contribution >= 0.6 is 0 Å². The summed E-state index contributed by atoms with van der Waals surface area (Å²) in [6.45, 7) is 11.2. The van der Waals surface area contributed by atoms with Crippen molar-refractivity contribution in [3.8, 4) is 0 Å². The average Bonchev–Trinajstić information content (AvgIpc) is 2.94. The molecule has 0 aliphatic carbocycles. The fraction of sp³-hybridized carbons (Fsp3) is 0.650. The van der Waals surface area contributed by atoms with Crippen molar-refractivity contribution in [1.82, 2.24) is 24.6 Å². The fourth-order valence-corrected chi connectivity index (χ4v) is 3.87. The number of aromatic nitrogens is 3. The number of carbonyl (C=O) groups excluding carboxylic acids is 1. The van der Waals surface area contributed by atoms with Crippen LogP contribution < -0.4 is 11.1 Å². The monoisotopic (exact) mass is 388 g/mol. The molecule has 0 aromatic carbocycles. The van der Waals surface area contributed by atoms with Crippen LogP contribution in [0.2, 0.25) is 0 Å². The molecule has 2 atom stereocenters.